The van der Waals surface area contributed by atoms with Crippen molar-refractivity contribution in [3.05, 3.63) is 76.1 Å². The highest BCUT2D eigenvalue weighted by molar-refractivity contribution is 6.05. The zero-order chi connectivity index (χ0) is 31.8. The summed E-state index contributed by atoms with van der Waals surface area (Å²) < 4.78 is 10.5. The smallest absolute Gasteiger partial charge is 0.408 e. The van der Waals surface area contributed by atoms with E-state index in [1.807, 2.05) is 6.07 Å². The number of benzene rings is 2. The number of carbonyl (C=O) groups excluding carboxylic acids is 4. The predicted molar refractivity (Wildman–Crippen MR) is 156 cm³/mol. The standard InChI is InChI=1S/C30H34N4O9/c1-16(2)26(33-30(41)42-15-19-8-6-5-7-9-19)27(37)32-18(4)28(38)34(22(29(39)40)14-24(31)35)20-10-11-21-17(3)12-25(36)43-23(21)13-20/h5-13,16,18,22,26H,14-15H2,1-4H3,(H2,31,35)(H,32,37)(H,33,41)(H,39,40)/t18-,22-,26-/m0/s1. The Labute approximate surface area is 247 Å². The number of carboxylic acid groups (broad SMARTS) is 1. The first-order chi connectivity index (χ1) is 20.3. The fraction of sp³-hybridized carbons (Fsp3) is 0.333. The first-order valence-electron chi connectivity index (χ1n) is 13.4. The van der Waals surface area contributed by atoms with Gasteiger partial charge in [-0.25, -0.2) is 14.4 Å². The van der Waals surface area contributed by atoms with Crippen LogP contribution in [0.2, 0.25) is 0 Å². The van der Waals surface area contributed by atoms with Crippen molar-refractivity contribution in [2.75, 3.05) is 4.90 Å². The van der Waals surface area contributed by atoms with Gasteiger partial charge in [-0.2, -0.15) is 0 Å². The summed E-state index contributed by atoms with van der Waals surface area (Å²) in [7, 11) is 0. The van der Waals surface area contributed by atoms with Crippen LogP contribution < -0.4 is 26.9 Å². The van der Waals surface area contributed by atoms with Gasteiger partial charge in [0.25, 0.3) is 0 Å². The molecular formula is C30H34N4O9. The number of hydrogen-bond acceptors (Lipinski definition) is 8. The first kappa shape index (κ1) is 32.3. The van der Waals surface area contributed by atoms with Crippen molar-refractivity contribution in [3.63, 3.8) is 0 Å². The number of ether oxygens (including phenoxy) is 1. The minimum Gasteiger partial charge on any atom is -0.480 e. The van der Waals surface area contributed by atoms with E-state index in [4.69, 9.17) is 14.9 Å². The number of nitrogens with two attached hydrogens (primary N) is 1. The summed E-state index contributed by atoms with van der Waals surface area (Å²) in [6.45, 7) is 6.35. The van der Waals surface area contributed by atoms with E-state index in [-0.39, 0.29) is 17.9 Å². The normalized spacial score (nSPS) is 13.0. The van der Waals surface area contributed by atoms with Crippen LogP contribution in [0, 0.1) is 12.8 Å². The van der Waals surface area contributed by atoms with Crippen molar-refractivity contribution >= 4 is 46.4 Å². The van der Waals surface area contributed by atoms with Crippen LogP contribution in [0.4, 0.5) is 10.5 Å². The Morgan fingerprint density at radius 3 is 2.28 bits per heavy atom. The summed E-state index contributed by atoms with van der Waals surface area (Å²) in [5, 5.41) is 15.5. The molecule has 13 nitrogen and oxygen atoms in total. The number of nitrogens with zero attached hydrogens (tertiary/aromatic N) is 1. The molecule has 1 aromatic heterocycles. The third-order valence-corrected chi connectivity index (χ3v) is 6.61. The lowest BCUT2D eigenvalue weighted by Crippen LogP contribution is -2.57. The molecule has 228 valence electrons. The van der Waals surface area contributed by atoms with Crippen LogP contribution in [0.3, 0.4) is 0 Å². The van der Waals surface area contributed by atoms with Gasteiger partial charge in [0, 0.05) is 23.2 Å². The Hall–Kier alpha value is -5.20. The molecule has 0 aliphatic carbocycles. The van der Waals surface area contributed by atoms with Crippen LogP contribution in [-0.2, 0) is 30.5 Å². The van der Waals surface area contributed by atoms with Crippen molar-refractivity contribution in [1.82, 2.24) is 10.6 Å². The second-order valence-electron chi connectivity index (χ2n) is 10.3. The maximum Gasteiger partial charge on any atom is 0.408 e. The number of aryl methyl sites for hydroxylation is 1. The third-order valence-electron chi connectivity index (χ3n) is 6.61. The third kappa shape index (κ3) is 8.41. The second-order valence-corrected chi connectivity index (χ2v) is 10.3. The van der Waals surface area contributed by atoms with E-state index in [2.05, 4.69) is 10.6 Å². The molecule has 0 aliphatic rings. The molecule has 0 radical (unpaired) electrons. The predicted octanol–water partition coefficient (Wildman–Crippen LogP) is 2.22. The maximum atomic E-state index is 13.7. The molecule has 0 aliphatic heterocycles. The number of anilines is 1. The lowest BCUT2D eigenvalue weighted by Gasteiger charge is -2.32. The van der Waals surface area contributed by atoms with E-state index in [9.17, 15) is 33.9 Å². The number of hydrogen-bond donors (Lipinski definition) is 4. The van der Waals surface area contributed by atoms with Crippen molar-refractivity contribution < 1.29 is 38.2 Å². The van der Waals surface area contributed by atoms with Crippen LogP contribution in [-0.4, -0.2) is 53.0 Å². The molecule has 3 atom stereocenters. The molecule has 3 aromatic rings. The first-order valence-corrected chi connectivity index (χ1v) is 13.4. The number of primary amides is 1. The van der Waals surface area contributed by atoms with E-state index < -0.39 is 65.9 Å². The molecular weight excluding hydrogens is 560 g/mol. The van der Waals surface area contributed by atoms with Crippen molar-refractivity contribution in [3.8, 4) is 0 Å². The van der Waals surface area contributed by atoms with Crippen LogP contribution in [0.1, 0.15) is 38.3 Å². The van der Waals surface area contributed by atoms with Crippen LogP contribution in [0.25, 0.3) is 11.0 Å². The summed E-state index contributed by atoms with van der Waals surface area (Å²) >= 11 is 0. The number of carboxylic acids is 1. The number of carbonyl (C=O) groups is 5. The monoisotopic (exact) mass is 594 g/mol. The molecule has 0 unspecified atom stereocenters. The molecule has 0 saturated heterocycles. The minimum absolute atomic E-state index is 0.0102. The van der Waals surface area contributed by atoms with Crippen molar-refractivity contribution in [2.24, 2.45) is 11.7 Å². The summed E-state index contributed by atoms with van der Waals surface area (Å²) in [6, 6.07) is 10.3. The zero-order valence-corrected chi connectivity index (χ0v) is 24.2. The quantitative estimate of drug-likeness (QED) is 0.227. The Morgan fingerprint density at radius 1 is 1.00 bits per heavy atom. The number of rotatable bonds is 12. The average molecular weight is 595 g/mol. The fourth-order valence-corrected chi connectivity index (χ4v) is 4.40. The summed E-state index contributed by atoms with van der Waals surface area (Å²) in [5.74, 6) is -4.56. The van der Waals surface area contributed by atoms with E-state index in [0.29, 0.717) is 10.9 Å². The largest absolute Gasteiger partial charge is 0.480 e. The van der Waals surface area contributed by atoms with Gasteiger partial charge in [0.2, 0.25) is 17.7 Å². The van der Waals surface area contributed by atoms with Gasteiger partial charge in [-0.15, -0.1) is 0 Å². The maximum absolute atomic E-state index is 13.7. The molecule has 0 bridgehead atoms. The van der Waals surface area contributed by atoms with Gasteiger partial charge in [0.1, 0.15) is 30.3 Å². The Morgan fingerprint density at radius 2 is 1.67 bits per heavy atom. The highest BCUT2D eigenvalue weighted by atomic mass is 16.5. The van der Waals surface area contributed by atoms with Crippen LogP contribution in [0.5, 0.6) is 0 Å². The number of amides is 4. The molecule has 0 saturated carbocycles. The van der Waals surface area contributed by atoms with Gasteiger partial charge >= 0.3 is 17.7 Å². The van der Waals surface area contributed by atoms with E-state index in [0.717, 1.165) is 10.5 Å². The number of alkyl carbamates (subject to hydrolysis) is 1. The van der Waals surface area contributed by atoms with Gasteiger partial charge < -0.3 is 30.6 Å². The molecule has 1 heterocycles. The lowest BCUT2D eigenvalue weighted by molar-refractivity contribution is -0.142. The molecule has 2 aromatic carbocycles. The zero-order valence-electron chi connectivity index (χ0n) is 24.2. The van der Waals surface area contributed by atoms with Crippen LogP contribution in [0.15, 0.2) is 63.8 Å². The van der Waals surface area contributed by atoms with Gasteiger partial charge in [-0.1, -0.05) is 44.2 Å². The van der Waals surface area contributed by atoms with E-state index >= 15 is 0 Å². The van der Waals surface area contributed by atoms with Gasteiger partial charge in [-0.3, -0.25) is 19.3 Å². The van der Waals surface area contributed by atoms with Crippen molar-refractivity contribution in [1.29, 1.82) is 0 Å². The van der Waals surface area contributed by atoms with Crippen LogP contribution >= 0.6 is 0 Å². The number of nitrogens with one attached hydrogen (secondary N) is 2. The van der Waals surface area contributed by atoms with E-state index in [1.54, 1.807) is 45.0 Å². The molecule has 0 fully saturated rings. The topological polar surface area (TPSA) is 198 Å². The van der Waals surface area contributed by atoms with Gasteiger partial charge in [0.05, 0.1) is 6.42 Å². The fourth-order valence-electron chi connectivity index (χ4n) is 4.40. The molecule has 4 amide bonds. The highest BCUT2D eigenvalue weighted by Gasteiger charge is 2.36. The molecule has 13 heteroatoms. The Balaban J connectivity index is 1.86. The lowest BCUT2D eigenvalue weighted by atomic mass is 10.0. The summed E-state index contributed by atoms with van der Waals surface area (Å²) in [5.41, 5.74) is 6.05. The molecule has 0 spiro atoms. The summed E-state index contributed by atoms with van der Waals surface area (Å²) in [4.78, 5) is 76.2. The molecule has 43 heavy (non-hydrogen) atoms. The van der Waals surface area contributed by atoms with Crippen molar-refractivity contribution in [2.45, 2.75) is 58.8 Å². The summed E-state index contributed by atoms with van der Waals surface area (Å²) in [6.07, 6.45) is -1.58. The van der Waals surface area contributed by atoms with Gasteiger partial charge in [-0.05, 0) is 43.0 Å². The molecule has 5 N–H and O–H groups in total. The minimum atomic E-state index is -1.75. The highest BCUT2D eigenvalue weighted by Crippen LogP contribution is 2.27. The Bertz CT molecular complexity index is 1570. The molecule has 3 rings (SSSR count). The average Bonchev–Trinajstić information content (AvgIpc) is 2.94. The number of aliphatic carboxylic acids is 1. The van der Waals surface area contributed by atoms with E-state index in [1.165, 1.54) is 31.2 Å². The SMILES string of the molecule is Cc1cc(=O)oc2cc(N(C(=O)[C@H](C)NC(=O)[C@@H](NC(=O)OCc3ccccc3)C(C)C)[C@@H](CC(N)=O)C(=O)O)ccc12. The van der Waals surface area contributed by atoms with Gasteiger partial charge in [0.15, 0.2) is 0 Å². The second kappa shape index (κ2) is 14.1. The Kier molecular flexibility index (Phi) is 10.6. The number of fused-ring (bicyclic) bond motifs is 1.